The fourth-order valence-corrected chi connectivity index (χ4v) is 3.35. The lowest BCUT2D eigenvalue weighted by Gasteiger charge is -2.35. The van der Waals surface area contributed by atoms with Crippen molar-refractivity contribution in [1.29, 1.82) is 0 Å². The first-order valence-electron chi connectivity index (χ1n) is 8.43. The van der Waals surface area contributed by atoms with Crippen LogP contribution in [0.5, 0.6) is 5.75 Å². The molecule has 2 fully saturated rings. The van der Waals surface area contributed by atoms with Gasteiger partial charge in [0.05, 0.1) is 17.2 Å². The van der Waals surface area contributed by atoms with Gasteiger partial charge in [-0.25, -0.2) is 0 Å². The number of carbonyl (C=O) groups is 1. The number of carbonyl (C=O) groups excluding carboxylic acids is 1. The van der Waals surface area contributed by atoms with E-state index in [4.69, 9.17) is 16.3 Å². The van der Waals surface area contributed by atoms with E-state index in [-0.39, 0.29) is 11.9 Å². The predicted molar refractivity (Wildman–Crippen MR) is 92.4 cm³/mol. The molecular weight excluding hydrogens is 330 g/mol. The highest BCUT2D eigenvalue weighted by molar-refractivity contribution is 6.32. The summed E-state index contributed by atoms with van der Waals surface area (Å²) in [7, 11) is 0. The summed E-state index contributed by atoms with van der Waals surface area (Å²) in [5.74, 6) is 0.817. The van der Waals surface area contributed by atoms with Gasteiger partial charge in [0, 0.05) is 39.3 Å². The Morgan fingerprint density at radius 3 is 2.71 bits per heavy atom. The second kappa shape index (κ2) is 8.16. The van der Waals surface area contributed by atoms with Crippen LogP contribution in [-0.4, -0.2) is 78.8 Å². The van der Waals surface area contributed by atoms with E-state index in [2.05, 4.69) is 10.2 Å². The van der Waals surface area contributed by atoms with Gasteiger partial charge < -0.3 is 20.1 Å². The van der Waals surface area contributed by atoms with Gasteiger partial charge in [0.15, 0.2) is 0 Å². The van der Waals surface area contributed by atoms with Crippen LogP contribution in [0.1, 0.15) is 6.42 Å². The highest BCUT2D eigenvalue weighted by Crippen LogP contribution is 2.23. The molecule has 0 spiro atoms. The number of piperazine rings is 1. The smallest absolute Gasteiger partial charge is 0.239 e. The van der Waals surface area contributed by atoms with Gasteiger partial charge in [0.2, 0.25) is 5.91 Å². The molecule has 2 atom stereocenters. The van der Waals surface area contributed by atoms with Crippen LogP contribution in [0.15, 0.2) is 24.3 Å². The summed E-state index contributed by atoms with van der Waals surface area (Å²) < 4.78 is 5.71. The Balaban J connectivity index is 1.38. The Labute approximate surface area is 147 Å². The largest absolute Gasteiger partial charge is 0.491 e. The molecular formula is C17H24ClN3O3. The minimum absolute atomic E-state index is 0.110. The first-order chi connectivity index (χ1) is 11.6. The van der Waals surface area contributed by atoms with Crippen LogP contribution in [0.3, 0.4) is 0 Å². The number of para-hydroxylation sites is 1. The maximum absolute atomic E-state index is 12.4. The molecule has 24 heavy (non-hydrogen) atoms. The monoisotopic (exact) mass is 353 g/mol. The van der Waals surface area contributed by atoms with E-state index in [0.29, 0.717) is 30.3 Å². The Hall–Kier alpha value is -1.34. The molecule has 6 nitrogen and oxygen atoms in total. The second-order valence-electron chi connectivity index (χ2n) is 6.30. The van der Waals surface area contributed by atoms with Crippen molar-refractivity contribution < 1.29 is 14.6 Å². The van der Waals surface area contributed by atoms with E-state index in [1.165, 1.54) is 0 Å². The number of hydrogen-bond acceptors (Lipinski definition) is 5. The van der Waals surface area contributed by atoms with E-state index in [0.717, 1.165) is 32.7 Å². The molecule has 1 aromatic carbocycles. The van der Waals surface area contributed by atoms with Gasteiger partial charge in [-0.3, -0.25) is 9.69 Å². The number of nitrogens with zero attached hydrogens (tertiary/aromatic N) is 2. The molecule has 0 saturated carbocycles. The van der Waals surface area contributed by atoms with Gasteiger partial charge in [-0.1, -0.05) is 23.7 Å². The van der Waals surface area contributed by atoms with Crippen LogP contribution in [0.4, 0.5) is 0 Å². The fraction of sp³-hybridized carbons (Fsp3) is 0.588. The van der Waals surface area contributed by atoms with E-state index >= 15 is 0 Å². The van der Waals surface area contributed by atoms with Gasteiger partial charge in [0.25, 0.3) is 0 Å². The average molecular weight is 354 g/mol. The first kappa shape index (κ1) is 17.5. The van der Waals surface area contributed by atoms with Crippen molar-refractivity contribution in [2.24, 2.45) is 0 Å². The van der Waals surface area contributed by atoms with E-state index in [1.807, 2.05) is 29.2 Å². The van der Waals surface area contributed by atoms with Crippen molar-refractivity contribution in [1.82, 2.24) is 15.1 Å². The van der Waals surface area contributed by atoms with Crippen molar-refractivity contribution in [3.05, 3.63) is 29.3 Å². The third kappa shape index (κ3) is 4.39. The predicted octanol–water partition coefficient (Wildman–Crippen LogP) is 0.586. The minimum atomic E-state index is -0.401. The lowest BCUT2D eigenvalue weighted by molar-refractivity contribution is -0.135. The van der Waals surface area contributed by atoms with Crippen LogP contribution >= 0.6 is 11.6 Å². The number of aliphatic hydroxyl groups excluding tert-OH is 1. The summed E-state index contributed by atoms with van der Waals surface area (Å²) in [5.41, 5.74) is 0. The van der Waals surface area contributed by atoms with Crippen molar-refractivity contribution in [3.8, 4) is 5.75 Å². The Morgan fingerprint density at radius 1 is 1.29 bits per heavy atom. The van der Waals surface area contributed by atoms with E-state index < -0.39 is 6.10 Å². The van der Waals surface area contributed by atoms with Crippen molar-refractivity contribution in [2.75, 3.05) is 45.9 Å². The fourth-order valence-electron chi connectivity index (χ4n) is 3.16. The lowest BCUT2D eigenvalue weighted by atomic mass is 10.1. The zero-order valence-electron chi connectivity index (χ0n) is 13.7. The summed E-state index contributed by atoms with van der Waals surface area (Å²) in [6.07, 6.45) is 0.118. The van der Waals surface area contributed by atoms with Gasteiger partial charge in [-0.2, -0.15) is 0 Å². The minimum Gasteiger partial charge on any atom is -0.491 e. The number of aliphatic hydroxyl groups is 1. The number of β-amino-alcohol motifs (C(OH)–C–C–N with tert-alkyl or cyclic N) is 1. The Morgan fingerprint density at radius 2 is 2.04 bits per heavy atom. The van der Waals surface area contributed by atoms with E-state index in [9.17, 15) is 9.90 Å². The van der Waals surface area contributed by atoms with Crippen molar-refractivity contribution in [2.45, 2.75) is 18.6 Å². The maximum Gasteiger partial charge on any atom is 0.239 e. The number of hydrogen-bond donors (Lipinski definition) is 2. The molecule has 0 bridgehead atoms. The number of amides is 1. The SMILES string of the molecule is O=C(C1CC(O)CN1)N1CCN(CCOc2ccccc2Cl)CC1. The molecule has 0 aromatic heterocycles. The molecule has 7 heteroatoms. The lowest BCUT2D eigenvalue weighted by Crippen LogP contribution is -2.53. The zero-order chi connectivity index (χ0) is 16.9. The molecule has 2 saturated heterocycles. The van der Waals surface area contributed by atoms with Gasteiger partial charge in [-0.15, -0.1) is 0 Å². The van der Waals surface area contributed by atoms with E-state index in [1.54, 1.807) is 0 Å². The third-order valence-electron chi connectivity index (χ3n) is 4.59. The van der Waals surface area contributed by atoms with Crippen LogP contribution in [-0.2, 0) is 4.79 Å². The molecule has 1 aromatic rings. The van der Waals surface area contributed by atoms with Gasteiger partial charge in [-0.05, 0) is 18.6 Å². The van der Waals surface area contributed by atoms with Crippen LogP contribution in [0, 0.1) is 0 Å². The molecule has 2 aliphatic heterocycles. The third-order valence-corrected chi connectivity index (χ3v) is 4.90. The summed E-state index contributed by atoms with van der Waals surface area (Å²) >= 11 is 6.07. The van der Waals surface area contributed by atoms with Crippen LogP contribution in [0.25, 0.3) is 0 Å². The standard InChI is InChI=1S/C17H24ClN3O3/c18-14-3-1-2-4-16(14)24-10-9-20-5-7-21(8-6-20)17(23)15-11-13(22)12-19-15/h1-4,13,15,19,22H,5-12H2. The number of benzene rings is 1. The summed E-state index contributed by atoms with van der Waals surface area (Å²) in [5, 5.41) is 13.2. The van der Waals surface area contributed by atoms with Gasteiger partial charge >= 0.3 is 0 Å². The Bertz CT molecular complexity index is 564. The zero-order valence-corrected chi connectivity index (χ0v) is 14.4. The highest BCUT2D eigenvalue weighted by atomic mass is 35.5. The van der Waals surface area contributed by atoms with Gasteiger partial charge in [0.1, 0.15) is 12.4 Å². The Kier molecular flexibility index (Phi) is 5.94. The molecule has 132 valence electrons. The number of rotatable bonds is 5. The molecule has 2 unspecified atom stereocenters. The number of nitrogens with one attached hydrogen (secondary N) is 1. The summed E-state index contributed by atoms with van der Waals surface area (Å²) in [6.45, 7) is 5.02. The summed E-state index contributed by atoms with van der Waals surface area (Å²) in [6, 6.07) is 7.23. The highest BCUT2D eigenvalue weighted by Gasteiger charge is 2.32. The average Bonchev–Trinajstić information content (AvgIpc) is 3.03. The topological polar surface area (TPSA) is 65.0 Å². The van der Waals surface area contributed by atoms with Crippen LogP contribution < -0.4 is 10.1 Å². The van der Waals surface area contributed by atoms with Crippen LogP contribution in [0.2, 0.25) is 5.02 Å². The molecule has 3 rings (SSSR count). The maximum atomic E-state index is 12.4. The second-order valence-corrected chi connectivity index (χ2v) is 6.70. The molecule has 0 aliphatic carbocycles. The number of ether oxygens (including phenoxy) is 1. The van der Waals surface area contributed by atoms with Crippen molar-refractivity contribution in [3.63, 3.8) is 0 Å². The number of halogens is 1. The molecule has 2 aliphatic rings. The molecule has 1 amide bonds. The summed E-state index contributed by atoms with van der Waals surface area (Å²) in [4.78, 5) is 16.6. The molecule has 0 radical (unpaired) electrons. The normalized spacial score (nSPS) is 25.0. The molecule has 2 heterocycles. The molecule has 2 N–H and O–H groups in total. The van der Waals surface area contributed by atoms with Crippen molar-refractivity contribution >= 4 is 17.5 Å². The first-order valence-corrected chi connectivity index (χ1v) is 8.81. The quantitative estimate of drug-likeness (QED) is 0.811.